The van der Waals surface area contributed by atoms with Gasteiger partial charge in [-0.1, -0.05) is 0 Å². The molecule has 0 atom stereocenters. The number of ether oxygens (including phenoxy) is 1. The van der Waals surface area contributed by atoms with Crippen molar-refractivity contribution in [1.29, 1.82) is 0 Å². The number of nitrogens with one attached hydrogen (secondary N) is 2. The van der Waals surface area contributed by atoms with Crippen molar-refractivity contribution in [3.8, 4) is 0 Å². The van der Waals surface area contributed by atoms with E-state index in [0.717, 1.165) is 64.2 Å². The Bertz CT molecular complexity index is 1110. The first-order chi connectivity index (χ1) is 14.9. The smallest absolute Gasteiger partial charge is 0.304 e. The van der Waals surface area contributed by atoms with E-state index >= 15 is 0 Å². The van der Waals surface area contributed by atoms with Gasteiger partial charge in [-0.15, -0.1) is 0 Å². The summed E-state index contributed by atoms with van der Waals surface area (Å²) < 4.78 is 53.3. The summed E-state index contributed by atoms with van der Waals surface area (Å²) in [5.74, 6) is -0.954. The van der Waals surface area contributed by atoms with E-state index in [1.54, 1.807) is 0 Å². The molecule has 5 rings (SSSR count). The molecule has 11 heteroatoms. The van der Waals surface area contributed by atoms with Gasteiger partial charge in [0.1, 0.15) is 12.1 Å². The van der Waals surface area contributed by atoms with Gasteiger partial charge in [-0.25, -0.2) is 9.11 Å². The van der Waals surface area contributed by atoms with Gasteiger partial charge in [-0.3, -0.25) is 4.79 Å². The first-order valence-corrected chi connectivity index (χ1v) is 11.9. The Hall–Kier alpha value is -2.50. The molecule has 2 aromatic rings. The number of anilines is 2. The third-order valence-corrected chi connectivity index (χ3v) is 7.56. The minimum Gasteiger partial charge on any atom is -0.431 e. The molecule has 9 nitrogen and oxygen atoms in total. The molecular formula is C20H23FN4O5S. The number of oxazole rings is 1. The van der Waals surface area contributed by atoms with E-state index < -0.39 is 16.1 Å². The average Bonchev–Trinajstić information content (AvgIpc) is 3.52. The van der Waals surface area contributed by atoms with E-state index in [9.17, 15) is 17.6 Å². The summed E-state index contributed by atoms with van der Waals surface area (Å²) in [5, 5.41) is 3.13. The van der Waals surface area contributed by atoms with E-state index in [-0.39, 0.29) is 43.8 Å². The van der Waals surface area contributed by atoms with Crippen LogP contribution in [0.3, 0.4) is 0 Å². The topological polar surface area (TPSA) is 114 Å². The van der Waals surface area contributed by atoms with Crippen LogP contribution >= 0.6 is 0 Å². The fourth-order valence-corrected chi connectivity index (χ4v) is 5.70. The molecule has 1 fully saturated rings. The number of hydrogen-bond acceptors (Lipinski definition) is 7. The van der Waals surface area contributed by atoms with Crippen LogP contribution in [0.25, 0.3) is 0 Å². The Morgan fingerprint density at radius 1 is 1.03 bits per heavy atom. The first kappa shape index (κ1) is 20.4. The van der Waals surface area contributed by atoms with Crippen molar-refractivity contribution in [2.75, 3.05) is 31.6 Å². The van der Waals surface area contributed by atoms with Crippen LogP contribution < -0.4 is 10.0 Å². The van der Waals surface area contributed by atoms with Gasteiger partial charge in [0, 0.05) is 18.8 Å². The zero-order valence-electron chi connectivity index (χ0n) is 16.9. The quantitative estimate of drug-likeness (QED) is 0.715. The van der Waals surface area contributed by atoms with Crippen LogP contribution in [0, 0.1) is 5.82 Å². The second kappa shape index (κ2) is 7.88. The molecule has 0 bridgehead atoms. The third-order valence-electron chi connectivity index (χ3n) is 6.07. The minimum absolute atomic E-state index is 0.0729. The Morgan fingerprint density at radius 3 is 2.29 bits per heavy atom. The SMILES string of the molecule is O=C(NS(=O)(=O)N1CCOCC1)c1coc(Nc2c3c(c(F)c4c2CCC4)CCC3)n1. The van der Waals surface area contributed by atoms with Crippen LogP contribution in [0.15, 0.2) is 10.7 Å². The van der Waals surface area contributed by atoms with Gasteiger partial charge in [0.05, 0.1) is 13.2 Å². The highest BCUT2D eigenvalue weighted by Gasteiger charge is 2.31. The number of morpholine rings is 1. The minimum atomic E-state index is -3.99. The van der Waals surface area contributed by atoms with Crippen molar-refractivity contribution in [3.63, 3.8) is 0 Å². The van der Waals surface area contributed by atoms with Gasteiger partial charge >= 0.3 is 10.2 Å². The molecule has 2 heterocycles. The van der Waals surface area contributed by atoms with E-state index in [1.165, 1.54) is 0 Å². The van der Waals surface area contributed by atoms with Gasteiger partial charge in [0.2, 0.25) is 0 Å². The molecule has 0 saturated carbocycles. The van der Waals surface area contributed by atoms with Gasteiger partial charge in [0.15, 0.2) is 5.69 Å². The lowest BCUT2D eigenvalue weighted by atomic mass is 9.98. The number of nitrogens with zero attached hydrogens (tertiary/aromatic N) is 2. The number of hydrogen-bond donors (Lipinski definition) is 2. The van der Waals surface area contributed by atoms with Gasteiger partial charge in [-0.05, 0) is 60.8 Å². The number of rotatable bonds is 5. The Kier molecular flexibility index (Phi) is 5.19. The van der Waals surface area contributed by atoms with Crippen molar-refractivity contribution >= 4 is 27.8 Å². The Labute approximate surface area is 179 Å². The Balaban J connectivity index is 1.36. The predicted octanol–water partition coefficient (Wildman–Crippen LogP) is 1.84. The molecule has 3 aliphatic rings. The zero-order chi connectivity index (χ0) is 21.6. The van der Waals surface area contributed by atoms with E-state index in [0.29, 0.717) is 12.8 Å². The van der Waals surface area contributed by atoms with Crippen molar-refractivity contribution in [2.24, 2.45) is 0 Å². The van der Waals surface area contributed by atoms with Crippen molar-refractivity contribution in [1.82, 2.24) is 14.0 Å². The maximum absolute atomic E-state index is 14.8. The van der Waals surface area contributed by atoms with Crippen molar-refractivity contribution in [3.05, 3.63) is 40.0 Å². The number of halogens is 1. The highest BCUT2D eigenvalue weighted by atomic mass is 32.2. The number of aromatic nitrogens is 1. The van der Waals surface area contributed by atoms with Crippen LogP contribution in [-0.4, -0.2) is 49.9 Å². The van der Waals surface area contributed by atoms with Gasteiger partial charge in [0.25, 0.3) is 11.9 Å². The molecule has 0 unspecified atom stereocenters. The molecule has 31 heavy (non-hydrogen) atoms. The molecule has 166 valence electrons. The molecule has 1 saturated heterocycles. The second-order valence-electron chi connectivity index (χ2n) is 7.92. The summed E-state index contributed by atoms with van der Waals surface area (Å²) >= 11 is 0. The predicted molar refractivity (Wildman–Crippen MR) is 109 cm³/mol. The maximum Gasteiger partial charge on any atom is 0.304 e. The monoisotopic (exact) mass is 450 g/mol. The summed E-state index contributed by atoms with van der Waals surface area (Å²) in [7, 11) is -3.99. The summed E-state index contributed by atoms with van der Waals surface area (Å²) in [6.45, 7) is 0.906. The number of fused-ring (bicyclic) bond motifs is 2. The van der Waals surface area contributed by atoms with Crippen LogP contribution in [0.5, 0.6) is 0 Å². The fraction of sp³-hybridized carbons (Fsp3) is 0.500. The van der Waals surface area contributed by atoms with E-state index in [4.69, 9.17) is 9.15 Å². The molecule has 0 radical (unpaired) electrons. The molecule has 2 aliphatic carbocycles. The largest absolute Gasteiger partial charge is 0.431 e. The molecular weight excluding hydrogens is 427 g/mol. The lowest BCUT2D eigenvalue weighted by molar-refractivity contribution is 0.0718. The summed E-state index contributed by atoms with van der Waals surface area (Å²) in [6.07, 6.45) is 5.85. The Morgan fingerprint density at radius 2 is 1.65 bits per heavy atom. The fourth-order valence-electron chi connectivity index (χ4n) is 4.60. The number of carbonyl (C=O) groups is 1. The third kappa shape index (κ3) is 3.70. The zero-order valence-corrected chi connectivity index (χ0v) is 17.7. The lowest BCUT2D eigenvalue weighted by Gasteiger charge is -2.25. The molecule has 0 spiro atoms. The van der Waals surface area contributed by atoms with Crippen LogP contribution in [0.2, 0.25) is 0 Å². The molecule has 1 amide bonds. The van der Waals surface area contributed by atoms with Crippen LogP contribution in [0.4, 0.5) is 16.1 Å². The molecule has 1 aromatic carbocycles. The number of benzene rings is 1. The number of carbonyl (C=O) groups excluding carboxylic acids is 1. The van der Waals surface area contributed by atoms with Crippen molar-refractivity contribution < 1.29 is 26.8 Å². The van der Waals surface area contributed by atoms with Crippen LogP contribution in [0.1, 0.15) is 45.6 Å². The van der Waals surface area contributed by atoms with Gasteiger partial charge in [-0.2, -0.15) is 17.7 Å². The standard InChI is InChI=1S/C20H23FN4O5S/c21-17-12-3-1-5-14(12)18(15-6-2-4-13(15)17)23-20-22-16(11-30-20)19(26)24-31(27,28)25-7-9-29-10-8-25/h11H,1-10H2,(H,22,23)(H,24,26). The summed E-state index contributed by atoms with van der Waals surface area (Å²) in [4.78, 5) is 16.6. The second-order valence-corrected chi connectivity index (χ2v) is 9.59. The van der Waals surface area contributed by atoms with Crippen LogP contribution in [-0.2, 0) is 40.6 Å². The average molecular weight is 450 g/mol. The normalized spacial score (nSPS) is 18.6. The lowest BCUT2D eigenvalue weighted by Crippen LogP contribution is -2.48. The van der Waals surface area contributed by atoms with Gasteiger partial charge < -0.3 is 14.5 Å². The highest BCUT2D eigenvalue weighted by Crippen LogP contribution is 2.41. The highest BCUT2D eigenvalue weighted by molar-refractivity contribution is 7.87. The number of amides is 1. The first-order valence-electron chi connectivity index (χ1n) is 10.4. The molecule has 1 aliphatic heterocycles. The van der Waals surface area contributed by atoms with E-state index in [1.807, 2.05) is 4.72 Å². The summed E-state index contributed by atoms with van der Waals surface area (Å²) in [5.41, 5.74) is 4.05. The van der Waals surface area contributed by atoms with E-state index in [2.05, 4.69) is 10.3 Å². The summed E-state index contributed by atoms with van der Waals surface area (Å²) in [6, 6.07) is 0.0729. The van der Waals surface area contributed by atoms with Crippen molar-refractivity contribution in [2.45, 2.75) is 38.5 Å². The molecule has 2 N–H and O–H groups in total. The molecule has 1 aromatic heterocycles. The maximum atomic E-state index is 14.8.